The van der Waals surface area contributed by atoms with Gasteiger partial charge in [-0.15, -0.1) is 0 Å². The SMILES string of the molecule is Cc1cc(C(=O)N(C)c2nc3ncc(Br)cc3[nH]2)ccc1C(=O)N1CCCC1. The highest BCUT2D eigenvalue weighted by Crippen LogP contribution is 2.21. The Bertz CT molecular complexity index is 1070. The van der Waals surface area contributed by atoms with Crippen LogP contribution in [0.3, 0.4) is 0 Å². The fourth-order valence-corrected chi connectivity index (χ4v) is 3.77. The first-order chi connectivity index (χ1) is 13.4. The standard InChI is InChI=1S/C20H20BrN5O2/c1-12-9-13(5-6-15(12)19(28)26-7-3-4-8-26)18(27)25(2)20-23-16-10-14(21)11-22-17(16)24-20/h5-6,9-11H,3-4,7-8H2,1-2H3,(H,22,23,24). The number of fused-ring (bicyclic) bond motifs is 1. The van der Waals surface area contributed by atoms with Crippen LogP contribution in [0.5, 0.6) is 0 Å². The Morgan fingerprint density at radius 1 is 1.21 bits per heavy atom. The third-order valence-electron chi connectivity index (χ3n) is 5.01. The Hall–Kier alpha value is -2.74. The Labute approximate surface area is 170 Å². The van der Waals surface area contributed by atoms with E-state index in [0.717, 1.165) is 41.5 Å². The fraction of sp³-hybridized carbons (Fsp3) is 0.300. The number of pyridine rings is 1. The van der Waals surface area contributed by atoms with Crippen molar-refractivity contribution in [2.75, 3.05) is 25.0 Å². The van der Waals surface area contributed by atoms with Crippen LogP contribution in [0.1, 0.15) is 39.1 Å². The van der Waals surface area contributed by atoms with Gasteiger partial charge in [-0.1, -0.05) is 0 Å². The average Bonchev–Trinajstić information content (AvgIpc) is 3.35. The number of benzene rings is 1. The Morgan fingerprint density at radius 2 is 1.96 bits per heavy atom. The molecule has 3 aromatic rings. The van der Waals surface area contributed by atoms with Crippen molar-refractivity contribution in [1.29, 1.82) is 0 Å². The number of imidazole rings is 1. The summed E-state index contributed by atoms with van der Waals surface area (Å²) in [5.74, 6) is 0.248. The molecule has 8 heteroatoms. The Kier molecular flexibility index (Phi) is 4.89. The van der Waals surface area contributed by atoms with E-state index in [-0.39, 0.29) is 11.8 Å². The minimum Gasteiger partial charge on any atom is -0.339 e. The van der Waals surface area contributed by atoms with Crippen LogP contribution in [-0.2, 0) is 0 Å². The molecular weight excluding hydrogens is 422 g/mol. The van der Waals surface area contributed by atoms with E-state index in [0.29, 0.717) is 22.7 Å². The maximum Gasteiger partial charge on any atom is 0.260 e. The largest absolute Gasteiger partial charge is 0.339 e. The number of likely N-dealkylation sites (tertiary alicyclic amines) is 1. The summed E-state index contributed by atoms with van der Waals surface area (Å²) in [4.78, 5) is 40.6. The highest BCUT2D eigenvalue weighted by atomic mass is 79.9. The van der Waals surface area contributed by atoms with E-state index in [4.69, 9.17) is 0 Å². The van der Waals surface area contributed by atoms with Gasteiger partial charge in [-0.2, -0.15) is 4.98 Å². The molecule has 28 heavy (non-hydrogen) atoms. The van der Waals surface area contributed by atoms with Gasteiger partial charge in [0.2, 0.25) is 5.95 Å². The van der Waals surface area contributed by atoms with Gasteiger partial charge < -0.3 is 9.88 Å². The van der Waals surface area contributed by atoms with Crippen molar-refractivity contribution in [2.45, 2.75) is 19.8 Å². The van der Waals surface area contributed by atoms with Crippen molar-refractivity contribution in [3.05, 3.63) is 51.6 Å². The molecule has 1 aliphatic heterocycles. The number of nitrogens with zero attached hydrogens (tertiary/aromatic N) is 4. The molecule has 0 saturated carbocycles. The minimum absolute atomic E-state index is 0.0382. The number of amides is 2. The monoisotopic (exact) mass is 441 g/mol. The lowest BCUT2D eigenvalue weighted by Gasteiger charge is -2.18. The number of halogens is 1. The second-order valence-electron chi connectivity index (χ2n) is 6.98. The van der Waals surface area contributed by atoms with Crippen molar-refractivity contribution < 1.29 is 9.59 Å². The van der Waals surface area contributed by atoms with Crippen LogP contribution in [0, 0.1) is 6.92 Å². The molecule has 7 nitrogen and oxygen atoms in total. The molecule has 144 valence electrons. The second kappa shape index (κ2) is 7.35. The molecule has 1 saturated heterocycles. The van der Waals surface area contributed by atoms with Crippen molar-refractivity contribution in [1.82, 2.24) is 19.9 Å². The zero-order chi connectivity index (χ0) is 19.8. The molecule has 1 N–H and O–H groups in total. The first-order valence-electron chi connectivity index (χ1n) is 9.13. The number of H-pyrrole nitrogens is 1. The molecule has 0 atom stereocenters. The maximum atomic E-state index is 12.9. The molecule has 0 unspecified atom stereocenters. The number of carbonyl (C=O) groups excluding carboxylic acids is 2. The molecule has 0 bridgehead atoms. The number of hydrogen-bond acceptors (Lipinski definition) is 4. The van der Waals surface area contributed by atoms with Gasteiger partial charge in [-0.3, -0.25) is 14.5 Å². The van der Waals surface area contributed by atoms with Gasteiger partial charge in [0.25, 0.3) is 11.8 Å². The van der Waals surface area contributed by atoms with Crippen LogP contribution in [0.15, 0.2) is 34.9 Å². The van der Waals surface area contributed by atoms with Crippen LogP contribution < -0.4 is 4.90 Å². The molecule has 4 rings (SSSR count). The average molecular weight is 442 g/mol. The van der Waals surface area contributed by atoms with Crippen molar-refractivity contribution in [3.63, 3.8) is 0 Å². The summed E-state index contributed by atoms with van der Waals surface area (Å²) >= 11 is 3.37. The molecule has 1 aliphatic rings. The van der Waals surface area contributed by atoms with Gasteiger partial charge in [0.1, 0.15) is 0 Å². The summed E-state index contributed by atoms with van der Waals surface area (Å²) in [7, 11) is 1.66. The van der Waals surface area contributed by atoms with E-state index in [1.807, 2.05) is 17.9 Å². The van der Waals surface area contributed by atoms with Crippen LogP contribution in [0.25, 0.3) is 11.2 Å². The van der Waals surface area contributed by atoms with E-state index in [1.165, 1.54) is 4.90 Å². The van der Waals surface area contributed by atoms with E-state index in [1.54, 1.807) is 31.4 Å². The predicted molar refractivity (Wildman–Crippen MR) is 111 cm³/mol. The molecule has 2 amide bonds. The molecule has 3 heterocycles. The summed E-state index contributed by atoms with van der Waals surface area (Å²) < 4.78 is 0.832. The third kappa shape index (κ3) is 3.40. The topological polar surface area (TPSA) is 82.2 Å². The molecular formula is C20H20BrN5O2. The zero-order valence-electron chi connectivity index (χ0n) is 15.7. The molecule has 0 aliphatic carbocycles. The smallest absolute Gasteiger partial charge is 0.260 e. The number of carbonyl (C=O) groups is 2. The zero-order valence-corrected chi connectivity index (χ0v) is 17.3. The maximum absolute atomic E-state index is 12.9. The van der Waals surface area contributed by atoms with Gasteiger partial charge >= 0.3 is 0 Å². The number of rotatable bonds is 3. The van der Waals surface area contributed by atoms with Gasteiger partial charge in [0, 0.05) is 41.9 Å². The number of hydrogen-bond donors (Lipinski definition) is 1. The van der Waals surface area contributed by atoms with E-state index < -0.39 is 0 Å². The number of nitrogens with one attached hydrogen (secondary N) is 1. The number of aromatic nitrogens is 3. The van der Waals surface area contributed by atoms with Crippen LogP contribution in [-0.4, -0.2) is 51.8 Å². The van der Waals surface area contributed by atoms with Crippen LogP contribution >= 0.6 is 15.9 Å². The van der Waals surface area contributed by atoms with E-state index >= 15 is 0 Å². The lowest BCUT2D eigenvalue weighted by Crippen LogP contribution is -2.29. The van der Waals surface area contributed by atoms with Crippen molar-refractivity contribution in [3.8, 4) is 0 Å². The molecule has 0 radical (unpaired) electrons. The summed E-state index contributed by atoms with van der Waals surface area (Å²) in [6.07, 6.45) is 3.76. The first-order valence-corrected chi connectivity index (χ1v) is 9.92. The number of aryl methyl sites for hydroxylation is 1. The predicted octanol–water partition coefficient (Wildman–Crippen LogP) is 3.54. The lowest BCUT2D eigenvalue weighted by atomic mass is 10.0. The quantitative estimate of drug-likeness (QED) is 0.673. The molecule has 0 spiro atoms. The highest BCUT2D eigenvalue weighted by Gasteiger charge is 2.23. The summed E-state index contributed by atoms with van der Waals surface area (Å²) in [5, 5.41) is 0. The van der Waals surface area contributed by atoms with Crippen molar-refractivity contribution >= 4 is 44.9 Å². The molecule has 1 aromatic carbocycles. The summed E-state index contributed by atoms with van der Waals surface area (Å²) in [6.45, 7) is 3.47. The lowest BCUT2D eigenvalue weighted by molar-refractivity contribution is 0.0791. The summed E-state index contributed by atoms with van der Waals surface area (Å²) in [6, 6.07) is 7.07. The Morgan fingerprint density at radius 3 is 2.68 bits per heavy atom. The first kappa shape index (κ1) is 18.6. The third-order valence-corrected chi connectivity index (χ3v) is 5.44. The Balaban J connectivity index is 1.58. The highest BCUT2D eigenvalue weighted by molar-refractivity contribution is 9.10. The normalized spacial score (nSPS) is 13.9. The second-order valence-corrected chi connectivity index (χ2v) is 7.89. The molecule has 1 fully saturated rings. The van der Waals surface area contributed by atoms with Gasteiger partial charge in [-0.05, 0) is 65.5 Å². The van der Waals surface area contributed by atoms with Gasteiger partial charge in [-0.25, -0.2) is 4.98 Å². The van der Waals surface area contributed by atoms with Crippen LogP contribution in [0.2, 0.25) is 0 Å². The fourth-order valence-electron chi connectivity index (χ4n) is 3.44. The minimum atomic E-state index is -0.207. The van der Waals surface area contributed by atoms with Crippen molar-refractivity contribution in [2.24, 2.45) is 0 Å². The number of aromatic amines is 1. The van der Waals surface area contributed by atoms with E-state index in [2.05, 4.69) is 30.9 Å². The van der Waals surface area contributed by atoms with E-state index in [9.17, 15) is 9.59 Å². The van der Waals surface area contributed by atoms with Crippen LogP contribution in [0.4, 0.5) is 5.95 Å². The van der Waals surface area contributed by atoms with Gasteiger partial charge in [0.05, 0.1) is 5.52 Å². The summed E-state index contributed by atoms with van der Waals surface area (Å²) in [5.41, 5.74) is 3.24. The number of anilines is 1. The van der Waals surface area contributed by atoms with Gasteiger partial charge in [0.15, 0.2) is 5.65 Å². The molecule has 2 aromatic heterocycles.